The van der Waals surface area contributed by atoms with Crippen molar-refractivity contribution < 1.29 is 28.8 Å². The van der Waals surface area contributed by atoms with Crippen LogP contribution in [-0.4, -0.2) is 62.1 Å². The maximum absolute atomic E-state index is 12.3. The van der Waals surface area contributed by atoms with Crippen LogP contribution in [0.15, 0.2) is 21.7 Å². The minimum Gasteiger partial charge on any atom is -0.477 e. The summed E-state index contributed by atoms with van der Waals surface area (Å²) in [6.07, 6.45) is 0.173. The van der Waals surface area contributed by atoms with E-state index in [0.29, 0.717) is 11.1 Å². The summed E-state index contributed by atoms with van der Waals surface area (Å²) < 4.78 is 12.3. The maximum Gasteiger partial charge on any atom is 0.353 e. The molecule has 2 atom stereocenters. The lowest BCUT2D eigenvalue weighted by atomic mass is 9.90. The Morgan fingerprint density at radius 3 is 2.57 bits per heavy atom. The number of nitrogens with zero attached hydrogens (tertiary/aromatic N) is 1. The molecule has 3 N–H and O–H groups in total. The van der Waals surface area contributed by atoms with Gasteiger partial charge in [0.15, 0.2) is 0 Å². The van der Waals surface area contributed by atoms with Crippen LogP contribution in [-0.2, 0) is 25.2 Å². The number of aliphatic carboxylic acids is 1. The van der Waals surface area contributed by atoms with Crippen molar-refractivity contribution >= 4 is 28.6 Å². The van der Waals surface area contributed by atoms with E-state index in [-0.39, 0.29) is 41.8 Å². The van der Waals surface area contributed by atoms with Crippen molar-refractivity contribution in [1.29, 1.82) is 0 Å². The molecule has 0 bridgehead atoms. The van der Waals surface area contributed by atoms with Crippen LogP contribution >= 0.6 is 0 Å². The van der Waals surface area contributed by atoms with Gasteiger partial charge in [-0.05, 0) is 12.5 Å². The van der Waals surface area contributed by atoms with Crippen molar-refractivity contribution in [1.82, 2.24) is 10.2 Å². The van der Waals surface area contributed by atoms with Crippen molar-refractivity contribution in [2.75, 3.05) is 18.9 Å². The molecule has 0 saturated carbocycles. The number of rotatable bonds is 6. The minimum absolute atomic E-state index is 0.0818. The highest BCUT2D eigenvalue weighted by Crippen LogP contribution is 2.44. The van der Waals surface area contributed by atoms with Gasteiger partial charge in [-0.2, -0.15) is 0 Å². The average molecular weight is 342 g/mol. The summed E-state index contributed by atoms with van der Waals surface area (Å²) >= 11 is 0. The molecule has 0 aliphatic carbocycles. The lowest BCUT2D eigenvalue weighted by molar-refractivity contribution is -0.142. The molecule has 9 heteroatoms. The van der Waals surface area contributed by atoms with Crippen LogP contribution in [0.4, 0.5) is 0 Å². The zero-order valence-corrected chi connectivity index (χ0v) is 13.6. The molecule has 0 aromatic carbocycles. The Morgan fingerprint density at radius 1 is 1.39 bits per heavy atom. The van der Waals surface area contributed by atoms with Crippen molar-refractivity contribution in [2.24, 2.45) is 0 Å². The van der Waals surface area contributed by atoms with Gasteiger partial charge in [0.1, 0.15) is 5.70 Å². The lowest BCUT2D eigenvalue weighted by Crippen LogP contribution is -2.53. The summed E-state index contributed by atoms with van der Waals surface area (Å²) in [5.74, 6) is -1.95. The van der Waals surface area contributed by atoms with E-state index in [1.807, 2.05) is 0 Å². The second-order valence-electron chi connectivity index (χ2n) is 5.36. The van der Waals surface area contributed by atoms with Gasteiger partial charge in [0.05, 0.1) is 28.4 Å². The first-order valence-corrected chi connectivity index (χ1v) is 8.34. The normalized spacial score (nSPS) is 23.3. The van der Waals surface area contributed by atoms with Gasteiger partial charge in [-0.15, -0.1) is 0 Å². The van der Waals surface area contributed by atoms with Gasteiger partial charge in [0, 0.05) is 31.2 Å². The number of hydrogen-bond acceptors (Lipinski definition) is 5. The topological polar surface area (TPSA) is 124 Å². The van der Waals surface area contributed by atoms with E-state index in [4.69, 9.17) is 5.11 Å². The van der Waals surface area contributed by atoms with E-state index >= 15 is 0 Å². The summed E-state index contributed by atoms with van der Waals surface area (Å²) in [7, 11) is -1.60. The molecule has 8 nitrogen and oxygen atoms in total. The summed E-state index contributed by atoms with van der Waals surface area (Å²) in [5, 5.41) is 21.0. The standard InChI is InChI=1S/C14H18N2O6S/c1-7(6-17)11-9-5-10(23(22)4-3-15-8(2)18)12(14(20)21)16(9)13(11)19/h9,17H,3-6H2,1-2H3,(H,15,18)(H,20,21)/b11-7+. The van der Waals surface area contributed by atoms with Crippen LogP contribution in [0.25, 0.3) is 0 Å². The quantitative estimate of drug-likeness (QED) is 0.424. The first kappa shape index (κ1) is 17.4. The highest BCUT2D eigenvalue weighted by molar-refractivity contribution is 7.89. The molecular formula is C14H18N2O6S. The van der Waals surface area contributed by atoms with Crippen LogP contribution in [0.2, 0.25) is 0 Å². The highest BCUT2D eigenvalue weighted by Gasteiger charge is 2.53. The Bertz CT molecular complexity index is 666. The third kappa shape index (κ3) is 3.06. The van der Waals surface area contributed by atoms with E-state index in [2.05, 4.69) is 5.32 Å². The van der Waals surface area contributed by atoms with E-state index in [1.54, 1.807) is 6.92 Å². The largest absolute Gasteiger partial charge is 0.477 e. The zero-order chi connectivity index (χ0) is 17.3. The molecule has 2 rings (SSSR count). The van der Waals surface area contributed by atoms with Crippen LogP contribution < -0.4 is 5.32 Å². The molecule has 0 aromatic rings. The predicted octanol–water partition coefficient (Wildman–Crippen LogP) is -0.909. The molecule has 1 saturated heterocycles. The van der Waals surface area contributed by atoms with E-state index in [0.717, 1.165) is 4.90 Å². The molecule has 126 valence electrons. The SMILES string of the molecule is CC(=O)NCCS(=O)C1=C(C(=O)O)N2C(=O)/C(=C(\C)CO)C2C1. The van der Waals surface area contributed by atoms with Gasteiger partial charge in [0.25, 0.3) is 5.91 Å². The third-order valence-corrected chi connectivity index (χ3v) is 5.30. The smallest absolute Gasteiger partial charge is 0.353 e. The van der Waals surface area contributed by atoms with Gasteiger partial charge in [0.2, 0.25) is 5.91 Å². The molecule has 2 aliphatic heterocycles. The number of aliphatic hydroxyl groups is 1. The average Bonchev–Trinajstić information content (AvgIpc) is 2.82. The van der Waals surface area contributed by atoms with Gasteiger partial charge in [-0.25, -0.2) is 4.79 Å². The molecule has 0 radical (unpaired) electrons. The van der Waals surface area contributed by atoms with Crippen LogP contribution in [0.5, 0.6) is 0 Å². The third-order valence-electron chi connectivity index (χ3n) is 3.81. The van der Waals surface area contributed by atoms with E-state index in [1.165, 1.54) is 6.92 Å². The second-order valence-corrected chi connectivity index (χ2v) is 6.95. The van der Waals surface area contributed by atoms with Crippen LogP contribution in [0.3, 0.4) is 0 Å². The van der Waals surface area contributed by atoms with Crippen molar-refractivity contribution in [3.05, 3.63) is 21.7 Å². The zero-order valence-electron chi connectivity index (χ0n) is 12.8. The van der Waals surface area contributed by atoms with Crippen molar-refractivity contribution in [2.45, 2.75) is 26.3 Å². The number of nitrogens with one attached hydrogen (secondary N) is 1. The first-order chi connectivity index (χ1) is 10.8. The molecule has 0 spiro atoms. The molecule has 2 aliphatic rings. The van der Waals surface area contributed by atoms with Gasteiger partial charge in [-0.1, -0.05) is 0 Å². The summed E-state index contributed by atoms with van der Waals surface area (Å²) in [6.45, 7) is 2.82. The summed E-state index contributed by atoms with van der Waals surface area (Å²) in [6, 6.07) is -0.472. The molecule has 1 fully saturated rings. The Labute approximate surface area is 135 Å². The fraction of sp³-hybridized carbons (Fsp3) is 0.500. The monoisotopic (exact) mass is 342 g/mol. The fourth-order valence-corrected chi connectivity index (χ4v) is 4.03. The number of carbonyl (C=O) groups is 3. The fourth-order valence-electron chi connectivity index (χ4n) is 2.75. The maximum atomic E-state index is 12.3. The Balaban J connectivity index is 2.23. The number of carboxylic acid groups (broad SMARTS) is 1. The number of fused-ring (bicyclic) bond motifs is 1. The first-order valence-electron chi connectivity index (χ1n) is 7.02. The van der Waals surface area contributed by atoms with Crippen molar-refractivity contribution in [3.63, 3.8) is 0 Å². The Morgan fingerprint density at radius 2 is 2.04 bits per heavy atom. The predicted molar refractivity (Wildman–Crippen MR) is 81.4 cm³/mol. The molecule has 2 heterocycles. The number of carboxylic acids is 1. The van der Waals surface area contributed by atoms with Gasteiger partial charge < -0.3 is 15.5 Å². The molecular weight excluding hydrogens is 324 g/mol. The molecule has 2 unspecified atom stereocenters. The summed E-state index contributed by atoms with van der Waals surface area (Å²) in [4.78, 5) is 35.7. The number of amides is 2. The minimum atomic E-state index is -1.60. The molecule has 23 heavy (non-hydrogen) atoms. The molecule has 0 aromatic heterocycles. The highest BCUT2D eigenvalue weighted by atomic mass is 32.2. The lowest BCUT2D eigenvalue weighted by Gasteiger charge is -2.39. The number of hydrogen-bond donors (Lipinski definition) is 3. The van der Waals surface area contributed by atoms with Crippen molar-refractivity contribution in [3.8, 4) is 0 Å². The number of carbonyl (C=O) groups excluding carboxylic acids is 2. The van der Waals surface area contributed by atoms with E-state index in [9.17, 15) is 23.7 Å². The Kier molecular flexibility index (Phi) is 5.00. The summed E-state index contributed by atoms with van der Waals surface area (Å²) in [5.41, 5.74) is 0.641. The second kappa shape index (κ2) is 6.63. The van der Waals surface area contributed by atoms with Gasteiger partial charge in [-0.3, -0.25) is 18.7 Å². The van der Waals surface area contributed by atoms with Crippen LogP contribution in [0.1, 0.15) is 20.3 Å². The van der Waals surface area contributed by atoms with E-state index < -0.39 is 28.7 Å². The number of aliphatic hydroxyl groups excluding tert-OH is 1. The van der Waals surface area contributed by atoms with Crippen LogP contribution in [0, 0.1) is 0 Å². The van der Waals surface area contributed by atoms with Gasteiger partial charge >= 0.3 is 5.97 Å². The molecule has 2 amide bonds. The Hall–Kier alpha value is -2.00. The number of β-lactam (4-membered cyclic amide) rings is 1.